The van der Waals surface area contributed by atoms with Gasteiger partial charge in [0.15, 0.2) is 0 Å². The van der Waals surface area contributed by atoms with Gasteiger partial charge in [-0.1, -0.05) is 61.2 Å². The van der Waals surface area contributed by atoms with E-state index in [1.165, 1.54) is 23.7 Å². The summed E-state index contributed by atoms with van der Waals surface area (Å²) in [6.07, 6.45) is 1.42. The van der Waals surface area contributed by atoms with Crippen molar-refractivity contribution in [1.29, 1.82) is 5.26 Å². The van der Waals surface area contributed by atoms with Crippen LogP contribution in [0.1, 0.15) is 18.1 Å². The number of anilines is 1. The van der Waals surface area contributed by atoms with Crippen LogP contribution in [-0.4, -0.2) is 24.1 Å². The maximum absolute atomic E-state index is 13.2. The number of nitriles is 1. The van der Waals surface area contributed by atoms with Crippen molar-refractivity contribution in [3.05, 3.63) is 76.3 Å². The zero-order chi connectivity index (χ0) is 20.1. The molecule has 1 unspecified atom stereocenters. The van der Waals surface area contributed by atoms with Gasteiger partial charge in [-0.3, -0.25) is 14.5 Å². The molecule has 0 aliphatic carbocycles. The van der Waals surface area contributed by atoms with Crippen LogP contribution in [-0.2, 0) is 22.4 Å². The van der Waals surface area contributed by atoms with Crippen molar-refractivity contribution in [3.63, 3.8) is 0 Å². The van der Waals surface area contributed by atoms with Crippen LogP contribution in [0.2, 0.25) is 0 Å². The van der Waals surface area contributed by atoms with E-state index in [0.29, 0.717) is 17.1 Å². The minimum Gasteiger partial charge on any atom is -0.354 e. The van der Waals surface area contributed by atoms with E-state index in [4.69, 9.17) is 0 Å². The first kappa shape index (κ1) is 19.7. The Kier molecular flexibility index (Phi) is 6.17. The Balaban J connectivity index is 2.03. The van der Waals surface area contributed by atoms with Gasteiger partial charge in [-0.15, -0.1) is 0 Å². The molecular formula is C22H21N3O2S. The van der Waals surface area contributed by atoms with Crippen LogP contribution in [0.25, 0.3) is 0 Å². The predicted molar refractivity (Wildman–Crippen MR) is 112 cm³/mol. The molecule has 0 spiro atoms. The van der Waals surface area contributed by atoms with Gasteiger partial charge in [0.1, 0.15) is 16.7 Å². The summed E-state index contributed by atoms with van der Waals surface area (Å²) in [4.78, 5) is 27.0. The maximum atomic E-state index is 13.2. The second-order valence-electron chi connectivity index (χ2n) is 6.36. The normalized spacial score (nSPS) is 18.0. The second kappa shape index (κ2) is 8.77. The fraction of sp³-hybridized carbons (Fsp3) is 0.227. The standard InChI is InChI=1S/C22H21N3O2S/c1-3-15-9-11-17(12-10-15)25-21(27)19(13-16-7-5-4-6-8-16)28-22(25)18(14-23)20(26)24-2/h4-12,19H,3,13H2,1-2H3,(H,24,26)/b22-18-. The number of benzene rings is 2. The molecule has 1 aliphatic heterocycles. The summed E-state index contributed by atoms with van der Waals surface area (Å²) in [5.41, 5.74) is 2.81. The summed E-state index contributed by atoms with van der Waals surface area (Å²) in [5, 5.41) is 12.1. The van der Waals surface area contributed by atoms with E-state index in [1.807, 2.05) is 60.7 Å². The van der Waals surface area contributed by atoms with Gasteiger partial charge in [-0.25, -0.2) is 0 Å². The molecule has 142 valence electrons. The van der Waals surface area contributed by atoms with Crippen molar-refractivity contribution in [2.24, 2.45) is 0 Å². The maximum Gasteiger partial charge on any atom is 0.264 e. The number of amides is 2. The lowest BCUT2D eigenvalue weighted by molar-refractivity contribution is -0.117. The average molecular weight is 391 g/mol. The zero-order valence-electron chi connectivity index (χ0n) is 15.8. The lowest BCUT2D eigenvalue weighted by Gasteiger charge is -2.19. The summed E-state index contributed by atoms with van der Waals surface area (Å²) in [6.45, 7) is 2.06. The van der Waals surface area contributed by atoms with Crippen molar-refractivity contribution >= 4 is 29.3 Å². The van der Waals surface area contributed by atoms with Crippen LogP contribution in [0.3, 0.4) is 0 Å². The predicted octanol–water partition coefficient (Wildman–Crippen LogP) is 3.42. The van der Waals surface area contributed by atoms with Gasteiger partial charge in [-0.05, 0) is 36.1 Å². The summed E-state index contributed by atoms with van der Waals surface area (Å²) in [7, 11) is 1.48. The van der Waals surface area contributed by atoms with E-state index in [2.05, 4.69) is 12.2 Å². The number of hydrogen-bond acceptors (Lipinski definition) is 4. The highest BCUT2D eigenvalue weighted by molar-refractivity contribution is 8.05. The van der Waals surface area contributed by atoms with E-state index in [9.17, 15) is 14.9 Å². The molecule has 2 aromatic carbocycles. The molecule has 1 fully saturated rings. The Morgan fingerprint density at radius 1 is 1.14 bits per heavy atom. The Labute approximate surface area is 169 Å². The SMILES string of the molecule is CCc1ccc(N2C(=O)C(Cc3ccccc3)S/C2=C(/C#N)C(=O)NC)cc1. The number of carbonyl (C=O) groups is 2. The van der Waals surface area contributed by atoms with Crippen molar-refractivity contribution in [3.8, 4) is 6.07 Å². The van der Waals surface area contributed by atoms with Crippen LogP contribution in [0.5, 0.6) is 0 Å². The van der Waals surface area contributed by atoms with Crippen molar-refractivity contribution in [2.75, 3.05) is 11.9 Å². The largest absolute Gasteiger partial charge is 0.354 e. The van der Waals surface area contributed by atoms with Crippen LogP contribution in [0.4, 0.5) is 5.69 Å². The van der Waals surface area contributed by atoms with Gasteiger partial charge in [0.25, 0.3) is 5.91 Å². The molecule has 0 saturated carbocycles. The Morgan fingerprint density at radius 2 is 1.82 bits per heavy atom. The Bertz CT molecular complexity index is 946. The van der Waals surface area contributed by atoms with Crippen LogP contribution in [0, 0.1) is 11.3 Å². The number of nitrogens with one attached hydrogen (secondary N) is 1. The molecule has 0 bridgehead atoms. The topological polar surface area (TPSA) is 73.2 Å². The number of hydrogen-bond donors (Lipinski definition) is 1. The lowest BCUT2D eigenvalue weighted by atomic mass is 10.1. The minimum absolute atomic E-state index is 0.0454. The molecule has 1 aliphatic rings. The summed E-state index contributed by atoms with van der Waals surface area (Å²) in [5.74, 6) is -0.613. The Morgan fingerprint density at radius 3 is 2.39 bits per heavy atom. The molecule has 1 N–H and O–H groups in total. The first-order valence-corrected chi connectivity index (χ1v) is 9.97. The number of rotatable bonds is 5. The molecule has 0 radical (unpaired) electrons. The molecule has 1 saturated heterocycles. The minimum atomic E-state index is -0.492. The monoisotopic (exact) mass is 391 g/mol. The molecule has 0 aromatic heterocycles. The van der Waals surface area contributed by atoms with Gasteiger partial charge in [0.05, 0.1) is 5.25 Å². The number of nitrogens with zero attached hydrogens (tertiary/aromatic N) is 2. The highest BCUT2D eigenvalue weighted by Gasteiger charge is 2.40. The molecule has 1 heterocycles. The van der Waals surface area contributed by atoms with Gasteiger partial charge >= 0.3 is 0 Å². The van der Waals surface area contributed by atoms with Crippen molar-refractivity contribution in [2.45, 2.75) is 25.0 Å². The second-order valence-corrected chi connectivity index (χ2v) is 7.55. The van der Waals surface area contributed by atoms with Gasteiger partial charge < -0.3 is 5.32 Å². The van der Waals surface area contributed by atoms with E-state index in [-0.39, 0.29) is 11.5 Å². The fourth-order valence-corrected chi connectivity index (χ4v) is 4.36. The smallest absolute Gasteiger partial charge is 0.264 e. The average Bonchev–Trinajstić information content (AvgIpc) is 3.05. The first-order valence-electron chi connectivity index (χ1n) is 9.09. The molecule has 5 nitrogen and oxygen atoms in total. The molecular weight excluding hydrogens is 370 g/mol. The molecule has 1 atom stereocenters. The highest BCUT2D eigenvalue weighted by Crippen LogP contribution is 2.41. The zero-order valence-corrected chi connectivity index (χ0v) is 16.6. The highest BCUT2D eigenvalue weighted by atomic mass is 32.2. The van der Waals surface area contributed by atoms with Crippen LogP contribution >= 0.6 is 11.8 Å². The number of thioether (sulfide) groups is 1. The van der Waals surface area contributed by atoms with Crippen molar-refractivity contribution in [1.82, 2.24) is 5.32 Å². The number of carbonyl (C=O) groups excluding carboxylic acids is 2. The number of aryl methyl sites for hydroxylation is 1. The lowest BCUT2D eigenvalue weighted by Crippen LogP contribution is -2.31. The molecule has 2 amide bonds. The van der Waals surface area contributed by atoms with Gasteiger partial charge in [0, 0.05) is 12.7 Å². The third kappa shape index (κ3) is 3.95. The van der Waals surface area contributed by atoms with Gasteiger partial charge in [0.2, 0.25) is 5.91 Å². The molecule has 6 heteroatoms. The van der Waals surface area contributed by atoms with Crippen LogP contribution < -0.4 is 10.2 Å². The first-order chi connectivity index (χ1) is 13.6. The van der Waals surface area contributed by atoms with Crippen molar-refractivity contribution < 1.29 is 9.59 Å². The van der Waals surface area contributed by atoms with E-state index in [0.717, 1.165) is 17.5 Å². The Hall–Kier alpha value is -3.04. The molecule has 3 rings (SSSR count). The quantitative estimate of drug-likeness (QED) is 0.626. The van der Waals surface area contributed by atoms with E-state index in [1.54, 1.807) is 0 Å². The fourth-order valence-electron chi connectivity index (χ4n) is 3.06. The summed E-state index contributed by atoms with van der Waals surface area (Å²) in [6, 6.07) is 19.4. The van der Waals surface area contributed by atoms with E-state index < -0.39 is 11.2 Å². The van der Waals surface area contributed by atoms with Gasteiger partial charge in [-0.2, -0.15) is 5.26 Å². The van der Waals surface area contributed by atoms with Crippen LogP contribution in [0.15, 0.2) is 65.2 Å². The number of likely N-dealkylation sites (N-methyl/N-ethyl adjacent to an activating group) is 1. The molecule has 2 aromatic rings. The summed E-state index contributed by atoms with van der Waals surface area (Å²) >= 11 is 1.28. The van der Waals surface area contributed by atoms with E-state index >= 15 is 0 Å². The third-order valence-electron chi connectivity index (χ3n) is 4.60. The molecule has 28 heavy (non-hydrogen) atoms. The summed E-state index contributed by atoms with van der Waals surface area (Å²) < 4.78 is 0. The third-order valence-corrected chi connectivity index (χ3v) is 5.86.